The minimum absolute atomic E-state index is 0.127. The number of hydrogen-bond donors (Lipinski definition) is 0. The lowest BCUT2D eigenvalue weighted by Gasteiger charge is -1.71. The van der Waals surface area contributed by atoms with E-state index in [1.54, 1.807) is 6.07 Å². The third kappa shape index (κ3) is 1.29. The molecule has 0 N–H and O–H groups in total. The molecule has 46 valence electrons. The van der Waals surface area contributed by atoms with Gasteiger partial charge in [0.2, 0.25) is 0 Å². The molecule has 1 aromatic rings. The van der Waals surface area contributed by atoms with Crippen LogP contribution in [0, 0.1) is 17.1 Å². The number of halogens is 2. The van der Waals surface area contributed by atoms with Crippen LogP contribution < -0.4 is 0 Å². The summed E-state index contributed by atoms with van der Waals surface area (Å²) in [6.07, 6.45) is 0. The molecule has 0 aliphatic rings. The zero-order valence-electron chi connectivity index (χ0n) is 4.19. The van der Waals surface area contributed by atoms with Crippen LogP contribution in [-0.4, -0.2) is 0 Å². The van der Waals surface area contributed by atoms with Crippen LogP contribution in [0.1, 0.15) is 4.88 Å². The van der Waals surface area contributed by atoms with Crippen molar-refractivity contribution in [3.05, 3.63) is 20.5 Å². The summed E-state index contributed by atoms with van der Waals surface area (Å²) in [5.74, 6) is -0.450. The zero-order valence-corrected chi connectivity index (χ0v) is 6.59. The zero-order chi connectivity index (χ0) is 6.85. The average Bonchev–Trinajstić information content (AvgIpc) is 2.10. The fraction of sp³-hybridized carbons (Fsp3) is 0. The summed E-state index contributed by atoms with van der Waals surface area (Å²) >= 11 is 4.15. The van der Waals surface area contributed by atoms with Crippen molar-refractivity contribution in [1.29, 1.82) is 5.26 Å². The van der Waals surface area contributed by atoms with Crippen molar-refractivity contribution in [1.82, 2.24) is 0 Å². The Bertz CT molecular complexity index is 262. The summed E-state index contributed by atoms with van der Waals surface area (Å²) in [6.45, 7) is 0. The van der Waals surface area contributed by atoms with Crippen molar-refractivity contribution in [2.75, 3.05) is 0 Å². The van der Waals surface area contributed by atoms with Crippen molar-refractivity contribution < 1.29 is 4.39 Å². The highest BCUT2D eigenvalue weighted by molar-refractivity contribution is 9.11. The summed E-state index contributed by atoms with van der Waals surface area (Å²) in [4.78, 5) is 0.127. The van der Waals surface area contributed by atoms with Crippen LogP contribution >= 0.6 is 27.3 Å². The standard InChI is InChI=1S/C5HBrFNS/c6-5-1-3(7)4(2-8)9-5/h1H. The predicted octanol–water partition coefficient (Wildman–Crippen LogP) is 2.52. The van der Waals surface area contributed by atoms with Gasteiger partial charge in [-0.2, -0.15) is 5.26 Å². The molecule has 0 spiro atoms. The molecule has 9 heavy (non-hydrogen) atoms. The lowest BCUT2D eigenvalue weighted by molar-refractivity contribution is 0.629. The first-order chi connectivity index (χ1) is 4.24. The smallest absolute Gasteiger partial charge is 0.153 e. The minimum Gasteiger partial charge on any atom is -0.205 e. The first kappa shape index (κ1) is 6.72. The van der Waals surface area contributed by atoms with E-state index in [1.165, 1.54) is 6.07 Å². The summed E-state index contributed by atoms with van der Waals surface area (Å²) in [5, 5.41) is 8.23. The van der Waals surface area contributed by atoms with Crippen LogP contribution in [0.2, 0.25) is 0 Å². The topological polar surface area (TPSA) is 23.8 Å². The molecule has 0 unspecified atom stereocenters. The van der Waals surface area contributed by atoms with E-state index in [0.717, 1.165) is 11.3 Å². The highest BCUT2D eigenvalue weighted by Gasteiger charge is 2.04. The molecule has 4 heteroatoms. The molecular formula is C5HBrFNS. The Hall–Kier alpha value is -0.400. The number of rotatable bonds is 0. The molecule has 0 aromatic carbocycles. The third-order valence-corrected chi connectivity index (χ3v) is 2.28. The van der Waals surface area contributed by atoms with E-state index in [1.807, 2.05) is 0 Å². The van der Waals surface area contributed by atoms with Gasteiger partial charge < -0.3 is 0 Å². The number of thiophene rings is 1. The lowest BCUT2D eigenvalue weighted by Crippen LogP contribution is -1.66. The van der Waals surface area contributed by atoms with E-state index in [9.17, 15) is 4.39 Å². The monoisotopic (exact) mass is 205 g/mol. The summed E-state index contributed by atoms with van der Waals surface area (Å²) in [5.41, 5.74) is 0. The Kier molecular flexibility index (Phi) is 1.84. The molecule has 1 nitrogen and oxygen atoms in total. The molecule has 1 aromatic heterocycles. The maximum Gasteiger partial charge on any atom is 0.153 e. The SMILES string of the molecule is N#Cc1sc(Br)cc1F. The predicted molar refractivity (Wildman–Crippen MR) is 36.7 cm³/mol. The quantitative estimate of drug-likeness (QED) is 0.639. The number of nitrogens with zero attached hydrogens (tertiary/aromatic N) is 1. The van der Waals surface area contributed by atoms with E-state index in [4.69, 9.17) is 5.26 Å². The maximum absolute atomic E-state index is 12.4. The second kappa shape index (κ2) is 2.46. The van der Waals surface area contributed by atoms with Gasteiger partial charge >= 0.3 is 0 Å². The van der Waals surface area contributed by atoms with Gasteiger partial charge in [-0.1, -0.05) is 0 Å². The van der Waals surface area contributed by atoms with Gasteiger partial charge in [-0.3, -0.25) is 0 Å². The highest BCUT2D eigenvalue weighted by Crippen LogP contribution is 2.24. The molecule has 0 aliphatic carbocycles. The summed E-state index contributed by atoms with van der Waals surface area (Å²) < 4.78 is 13.0. The number of nitriles is 1. The van der Waals surface area contributed by atoms with Crippen molar-refractivity contribution in [3.63, 3.8) is 0 Å². The van der Waals surface area contributed by atoms with Gasteiger partial charge in [-0.25, -0.2) is 4.39 Å². The maximum atomic E-state index is 12.4. The van der Waals surface area contributed by atoms with Crippen LogP contribution in [0.4, 0.5) is 4.39 Å². The first-order valence-corrected chi connectivity index (χ1v) is 3.70. The summed E-state index contributed by atoms with van der Waals surface area (Å²) in [6, 6.07) is 3.01. The number of hydrogen-bond acceptors (Lipinski definition) is 2. The van der Waals surface area contributed by atoms with Gasteiger partial charge in [-0.05, 0) is 15.9 Å². The third-order valence-electron chi connectivity index (χ3n) is 0.758. The molecule has 0 aliphatic heterocycles. The van der Waals surface area contributed by atoms with Gasteiger partial charge in [-0.15, -0.1) is 11.3 Å². The van der Waals surface area contributed by atoms with Gasteiger partial charge in [0, 0.05) is 6.07 Å². The second-order valence-electron chi connectivity index (χ2n) is 1.34. The van der Waals surface area contributed by atoms with Gasteiger partial charge in [0.1, 0.15) is 10.9 Å². The van der Waals surface area contributed by atoms with Crippen LogP contribution in [0.3, 0.4) is 0 Å². The first-order valence-electron chi connectivity index (χ1n) is 2.09. The van der Waals surface area contributed by atoms with Crippen LogP contribution in [0.25, 0.3) is 0 Å². The lowest BCUT2D eigenvalue weighted by atomic mass is 10.5. The molecule has 1 heterocycles. The fourth-order valence-electron chi connectivity index (χ4n) is 0.417. The second-order valence-corrected chi connectivity index (χ2v) is 3.77. The highest BCUT2D eigenvalue weighted by atomic mass is 79.9. The average molecular weight is 206 g/mol. The Morgan fingerprint density at radius 1 is 1.78 bits per heavy atom. The molecule has 0 fully saturated rings. The Labute approximate surface area is 63.9 Å². The molecule has 0 atom stereocenters. The van der Waals surface area contributed by atoms with Crippen LogP contribution in [0.5, 0.6) is 0 Å². The Morgan fingerprint density at radius 2 is 2.44 bits per heavy atom. The van der Waals surface area contributed by atoms with Crippen LogP contribution in [0.15, 0.2) is 9.85 Å². The molecule has 0 bridgehead atoms. The molecule has 1 rings (SSSR count). The fourth-order valence-corrected chi connectivity index (χ4v) is 1.66. The van der Waals surface area contributed by atoms with Crippen molar-refractivity contribution in [2.24, 2.45) is 0 Å². The molecular weight excluding hydrogens is 205 g/mol. The molecule has 0 amide bonds. The van der Waals surface area contributed by atoms with E-state index in [-0.39, 0.29) is 4.88 Å². The Morgan fingerprint density at radius 3 is 2.67 bits per heavy atom. The van der Waals surface area contributed by atoms with E-state index in [0.29, 0.717) is 3.79 Å². The van der Waals surface area contributed by atoms with Gasteiger partial charge in [0.05, 0.1) is 3.79 Å². The van der Waals surface area contributed by atoms with Gasteiger partial charge in [0.25, 0.3) is 0 Å². The van der Waals surface area contributed by atoms with Crippen molar-refractivity contribution in [3.8, 4) is 6.07 Å². The normalized spacial score (nSPS) is 9.00. The van der Waals surface area contributed by atoms with E-state index < -0.39 is 5.82 Å². The van der Waals surface area contributed by atoms with Crippen LogP contribution in [-0.2, 0) is 0 Å². The van der Waals surface area contributed by atoms with E-state index >= 15 is 0 Å². The largest absolute Gasteiger partial charge is 0.205 e. The van der Waals surface area contributed by atoms with Crippen molar-refractivity contribution in [2.45, 2.75) is 0 Å². The molecule has 0 saturated heterocycles. The summed E-state index contributed by atoms with van der Waals surface area (Å²) in [7, 11) is 0. The van der Waals surface area contributed by atoms with E-state index in [2.05, 4.69) is 15.9 Å². The Balaban J connectivity index is 3.20. The molecule has 0 radical (unpaired) electrons. The van der Waals surface area contributed by atoms with Gasteiger partial charge in [0.15, 0.2) is 5.82 Å². The van der Waals surface area contributed by atoms with Crippen molar-refractivity contribution >= 4 is 27.3 Å². The molecule has 0 saturated carbocycles. The minimum atomic E-state index is -0.450.